The molecule has 2 N–H and O–H groups in total. The van der Waals surface area contributed by atoms with Crippen molar-refractivity contribution < 1.29 is 4.79 Å². The fraction of sp³-hybridized carbons (Fsp3) is 0.364. The number of benzene rings is 1. The molecule has 1 rings (SSSR count). The fourth-order valence-electron chi connectivity index (χ4n) is 1.29. The van der Waals surface area contributed by atoms with Gasteiger partial charge >= 0.3 is 0 Å². The van der Waals surface area contributed by atoms with Gasteiger partial charge in [0.1, 0.15) is 0 Å². The van der Waals surface area contributed by atoms with Crippen molar-refractivity contribution in [3.05, 3.63) is 35.9 Å². The van der Waals surface area contributed by atoms with Crippen molar-refractivity contribution in [2.75, 3.05) is 0 Å². The highest BCUT2D eigenvalue weighted by atomic mass is 16.1. The van der Waals surface area contributed by atoms with E-state index in [2.05, 4.69) is 0 Å². The van der Waals surface area contributed by atoms with E-state index in [0.29, 0.717) is 0 Å². The van der Waals surface area contributed by atoms with Crippen LogP contribution in [0.5, 0.6) is 0 Å². The van der Waals surface area contributed by atoms with Crippen LogP contribution in [0.4, 0.5) is 0 Å². The molecule has 0 fully saturated rings. The van der Waals surface area contributed by atoms with E-state index in [-0.39, 0.29) is 17.7 Å². The van der Waals surface area contributed by atoms with Gasteiger partial charge in [-0.1, -0.05) is 44.2 Å². The molecule has 0 aliphatic carbocycles. The lowest BCUT2D eigenvalue weighted by Crippen LogP contribution is -2.24. The minimum Gasteiger partial charge on any atom is -0.369 e. The number of amides is 1. The molecule has 1 aromatic carbocycles. The summed E-state index contributed by atoms with van der Waals surface area (Å²) in [7, 11) is 0. The molecule has 0 aliphatic rings. The van der Waals surface area contributed by atoms with Gasteiger partial charge in [0.25, 0.3) is 0 Å². The Morgan fingerprint density at radius 2 is 1.77 bits per heavy atom. The van der Waals surface area contributed by atoms with Gasteiger partial charge < -0.3 is 5.73 Å². The van der Waals surface area contributed by atoms with E-state index >= 15 is 0 Å². The van der Waals surface area contributed by atoms with Gasteiger partial charge in [-0.2, -0.15) is 0 Å². The molecule has 2 heteroatoms. The summed E-state index contributed by atoms with van der Waals surface area (Å²) in [4.78, 5) is 10.9. The lowest BCUT2D eigenvalue weighted by atomic mass is 9.89. The van der Waals surface area contributed by atoms with Crippen molar-refractivity contribution in [2.45, 2.75) is 19.8 Å². The first kappa shape index (κ1) is 9.78. The molecule has 2 atom stereocenters. The quantitative estimate of drug-likeness (QED) is 0.753. The van der Waals surface area contributed by atoms with E-state index < -0.39 is 0 Å². The number of hydrogen-bond acceptors (Lipinski definition) is 1. The van der Waals surface area contributed by atoms with E-state index in [9.17, 15) is 4.79 Å². The van der Waals surface area contributed by atoms with E-state index in [1.54, 1.807) is 0 Å². The van der Waals surface area contributed by atoms with Gasteiger partial charge in [-0.05, 0) is 11.5 Å². The molecule has 0 bridgehead atoms. The van der Waals surface area contributed by atoms with E-state index in [1.165, 1.54) is 0 Å². The van der Waals surface area contributed by atoms with Gasteiger partial charge in [0.05, 0.1) is 0 Å². The van der Waals surface area contributed by atoms with Crippen molar-refractivity contribution in [3.8, 4) is 0 Å². The van der Waals surface area contributed by atoms with Gasteiger partial charge in [-0.15, -0.1) is 0 Å². The molecule has 0 aromatic heterocycles. The van der Waals surface area contributed by atoms with Crippen LogP contribution in [0, 0.1) is 5.92 Å². The summed E-state index contributed by atoms with van der Waals surface area (Å²) in [5, 5.41) is 0. The number of hydrogen-bond donors (Lipinski definition) is 1. The summed E-state index contributed by atoms with van der Waals surface area (Å²) >= 11 is 0. The van der Waals surface area contributed by atoms with Gasteiger partial charge in [-0.3, -0.25) is 4.79 Å². The molecule has 0 radical (unpaired) electrons. The molecular weight excluding hydrogens is 162 g/mol. The van der Waals surface area contributed by atoms with E-state index in [4.69, 9.17) is 5.73 Å². The van der Waals surface area contributed by atoms with Crippen molar-refractivity contribution in [2.24, 2.45) is 11.7 Å². The molecular formula is C11H15NO. The number of primary amides is 1. The molecule has 0 aliphatic heterocycles. The number of nitrogens with two attached hydrogens (primary N) is 1. The second-order valence-electron chi connectivity index (χ2n) is 3.39. The predicted molar refractivity (Wildman–Crippen MR) is 53.2 cm³/mol. The average molecular weight is 177 g/mol. The monoisotopic (exact) mass is 177 g/mol. The third-order valence-electron chi connectivity index (χ3n) is 2.52. The molecule has 2 nitrogen and oxygen atoms in total. The highest BCUT2D eigenvalue weighted by Crippen LogP contribution is 2.22. The molecule has 13 heavy (non-hydrogen) atoms. The maximum absolute atomic E-state index is 10.9. The maximum atomic E-state index is 10.9. The van der Waals surface area contributed by atoms with Crippen LogP contribution in [-0.2, 0) is 4.79 Å². The van der Waals surface area contributed by atoms with Crippen LogP contribution in [0.1, 0.15) is 25.3 Å². The molecule has 0 heterocycles. The molecule has 0 spiro atoms. The van der Waals surface area contributed by atoms with Crippen molar-refractivity contribution in [3.63, 3.8) is 0 Å². The van der Waals surface area contributed by atoms with Gasteiger partial charge in [0.15, 0.2) is 0 Å². The SMILES string of the molecule is CC(C(N)=O)C(C)c1ccccc1. The number of carbonyl (C=O) groups is 1. The Morgan fingerprint density at radius 3 is 2.23 bits per heavy atom. The standard InChI is InChI=1S/C11H15NO/c1-8(9(2)11(12)13)10-6-4-3-5-7-10/h3-9H,1-2H3,(H2,12,13). The third-order valence-corrected chi connectivity index (χ3v) is 2.52. The van der Waals surface area contributed by atoms with E-state index in [1.807, 2.05) is 44.2 Å². The van der Waals surface area contributed by atoms with Crippen LogP contribution in [0.2, 0.25) is 0 Å². The zero-order valence-electron chi connectivity index (χ0n) is 8.03. The Bertz CT molecular complexity index is 281. The maximum Gasteiger partial charge on any atom is 0.220 e. The van der Waals surface area contributed by atoms with Crippen LogP contribution < -0.4 is 5.73 Å². The van der Waals surface area contributed by atoms with Crippen molar-refractivity contribution in [1.82, 2.24) is 0 Å². The number of rotatable bonds is 3. The first-order chi connectivity index (χ1) is 6.13. The normalized spacial score (nSPS) is 14.9. The second-order valence-corrected chi connectivity index (χ2v) is 3.39. The topological polar surface area (TPSA) is 43.1 Å². The summed E-state index contributed by atoms with van der Waals surface area (Å²) in [5.41, 5.74) is 6.40. The zero-order chi connectivity index (χ0) is 9.84. The first-order valence-corrected chi connectivity index (χ1v) is 4.47. The zero-order valence-corrected chi connectivity index (χ0v) is 8.03. The fourth-order valence-corrected chi connectivity index (χ4v) is 1.29. The van der Waals surface area contributed by atoms with Crippen LogP contribution in [0.15, 0.2) is 30.3 Å². The number of carbonyl (C=O) groups excluding carboxylic acids is 1. The summed E-state index contributed by atoms with van der Waals surface area (Å²) < 4.78 is 0. The van der Waals surface area contributed by atoms with Gasteiger partial charge in [-0.25, -0.2) is 0 Å². The molecule has 70 valence electrons. The third kappa shape index (κ3) is 2.31. The van der Waals surface area contributed by atoms with E-state index in [0.717, 1.165) is 5.56 Å². The van der Waals surface area contributed by atoms with Crippen molar-refractivity contribution in [1.29, 1.82) is 0 Å². The Morgan fingerprint density at radius 1 is 1.23 bits per heavy atom. The molecule has 1 aromatic rings. The average Bonchev–Trinajstić information content (AvgIpc) is 2.17. The Balaban J connectivity index is 2.79. The van der Waals surface area contributed by atoms with Crippen LogP contribution >= 0.6 is 0 Å². The predicted octanol–water partition coefficient (Wildman–Crippen LogP) is 1.91. The second kappa shape index (κ2) is 4.08. The minimum absolute atomic E-state index is 0.109. The smallest absolute Gasteiger partial charge is 0.220 e. The van der Waals surface area contributed by atoms with Crippen LogP contribution in [0.25, 0.3) is 0 Å². The lowest BCUT2D eigenvalue weighted by Gasteiger charge is -2.16. The van der Waals surface area contributed by atoms with Crippen molar-refractivity contribution >= 4 is 5.91 Å². The summed E-state index contributed by atoms with van der Waals surface area (Å²) in [5.74, 6) is -0.155. The molecule has 0 saturated carbocycles. The van der Waals surface area contributed by atoms with Gasteiger partial charge in [0, 0.05) is 5.92 Å². The van der Waals surface area contributed by atoms with Crippen LogP contribution in [0.3, 0.4) is 0 Å². The molecule has 1 amide bonds. The highest BCUT2D eigenvalue weighted by Gasteiger charge is 2.18. The molecule has 0 saturated heterocycles. The first-order valence-electron chi connectivity index (χ1n) is 4.47. The Kier molecular flexibility index (Phi) is 3.07. The van der Waals surface area contributed by atoms with Gasteiger partial charge in [0.2, 0.25) is 5.91 Å². The lowest BCUT2D eigenvalue weighted by molar-refractivity contribution is -0.121. The summed E-state index contributed by atoms with van der Waals surface area (Å²) in [6, 6.07) is 9.94. The summed E-state index contributed by atoms with van der Waals surface area (Å²) in [6.07, 6.45) is 0. The van der Waals surface area contributed by atoms with Crippen LogP contribution in [-0.4, -0.2) is 5.91 Å². The minimum atomic E-state index is -0.239. The Hall–Kier alpha value is -1.31. The Labute approximate surface area is 78.8 Å². The largest absolute Gasteiger partial charge is 0.369 e. The summed E-state index contributed by atoms with van der Waals surface area (Å²) in [6.45, 7) is 3.88. The molecule has 2 unspecified atom stereocenters. The highest BCUT2D eigenvalue weighted by molar-refractivity contribution is 5.77.